The van der Waals surface area contributed by atoms with Crippen molar-refractivity contribution in [2.75, 3.05) is 34.4 Å². The highest BCUT2D eigenvalue weighted by molar-refractivity contribution is 6.32. The van der Waals surface area contributed by atoms with E-state index in [-0.39, 0.29) is 6.04 Å². The average molecular weight is 313 g/mol. The Bertz CT molecular complexity index is 482. The number of methoxy groups -OCH3 is 2. The van der Waals surface area contributed by atoms with E-state index in [0.29, 0.717) is 16.8 Å². The molecule has 2 rings (SSSR count). The summed E-state index contributed by atoms with van der Waals surface area (Å²) in [4.78, 5) is 2.41. The summed E-state index contributed by atoms with van der Waals surface area (Å²) in [5.41, 5.74) is 0.980. The lowest BCUT2D eigenvalue weighted by molar-refractivity contribution is 0.291. The molecule has 0 radical (unpaired) electrons. The summed E-state index contributed by atoms with van der Waals surface area (Å²) in [5, 5.41) is 4.20. The maximum atomic E-state index is 6.24. The summed E-state index contributed by atoms with van der Waals surface area (Å²) in [6, 6.07) is 4.41. The molecule has 1 aliphatic heterocycles. The van der Waals surface area contributed by atoms with Crippen molar-refractivity contribution in [3.8, 4) is 11.5 Å². The van der Waals surface area contributed by atoms with Crippen LogP contribution >= 0.6 is 11.6 Å². The summed E-state index contributed by atoms with van der Waals surface area (Å²) in [6.07, 6.45) is 2.53. The van der Waals surface area contributed by atoms with Crippen LogP contribution in [0.25, 0.3) is 0 Å². The fourth-order valence-corrected chi connectivity index (χ4v) is 3.24. The number of rotatable bonds is 6. The third-order valence-corrected chi connectivity index (χ3v) is 4.59. The molecule has 0 aliphatic carbocycles. The molecule has 1 N–H and O–H groups in total. The molecule has 0 amide bonds. The average Bonchev–Trinajstić information content (AvgIpc) is 2.89. The third kappa shape index (κ3) is 3.62. The van der Waals surface area contributed by atoms with Crippen molar-refractivity contribution in [3.05, 3.63) is 22.7 Å². The van der Waals surface area contributed by atoms with Crippen LogP contribution in [0.3, 0.4) is 0 Å². The van der Waals surface area contributed by atoms with Crippen LogP contribution in [0.4, 0.5) is 0 Å². The number of halogens is 1. The summed E-state index contributed by atoms with van der Waals surface area (Å²) in [5.74, 6) is 1.49. The van der Waals surface area contributed by atoms with Gasteiger partial charge < -0.3 is 19.7 Å². The second-order valence-corrected chi connectivity index (χ2v) is 6.01. The van der Waals surface area contributed by atoms with Crippen LogP contribution < -0.4 is 14.8 Å². The monoisotopic (exact) mass is 312 g/mol. The third-order valence-electron chi connectivity index (χ3n) is 4.30. The van der Waals surface area contributed by atoms with E-state index < -0.39 is 0 Å². The van der Waals surface area contributed by atoms with Gasteiger partial charge in [-0.05, 0) is 45.5 Å². The second kappa shape index (κ2) is 7.34. The number of nitrogens with zero attached hydrogens (tertiary/aromatic N) is 1. The van der Waals surface area contributed by atoms with E-state index in [2.05, 4.69) is 24.2 Å². The molecule has 5 heteroatoms. The molecule has 0 bridgehead atoms. The predicted octanol–water partition coefficient (Wildman–Crippen LogP) is 3.10. The van der Waals surface area contributed by atoms with Gasteiger partial charge in [0.15, 0.2) is 0 Å². The minimum Gasteiger partial charge on any atom is -0.496 e. The number of ether oxygens (including phenoxy) is 2. The standard InChI is InChI=1S/C16H25ClN2O2/c1-11(18-10-12-6-5-9-19(12)2)15-14(20-3)8-7-13(17)16(15)21-4/h7-8,11-12,18H,5-6,9-10H2,1-4H3. The van der Waals surface area contributed by atoms with Crippen molar-refractivity contribution < 1.29 is 9.47 Å². The molecular formula is C16H25ClN2O2. The molecule has 1 saturated heterocycles. The van der Waals surface area contributed by atoms with E-state index in [1.807, 2.05) is 6.07 Å². The lowest BCUT2D eigenvalue weighted by Gasteiger charge is -2.25. The van der Waals surface area contributed by atoms with E-state index in [1.165, 1.54) is 19.4 Å². The van der Waals surface area contributed by atoms with Gasteiger partial charge in [0.1, 0.15) is 11.5 Å². The Balaban J connectivity index is 2.13. The highest BCUT2D eigenvalue weighted by Crippen LogP contribution is 2.39. The Morgan fingerprint density at radius 2 is 2.14 bits per heavy atom. The lowest BCUT2D eigenvalue weighted by atomic mass is 10.0. The van der Waals surface area contributed by atoms with Gasteiger partial charge in [0.2, 0.25) is 0 Å². The largest absolute Gasteiger partial charge is 0.496 e. The number of benzene rings is 1. The molecule has 21 heavy (non-hydrogen) atoms. The highest BCUT2D eigenvalue weighted by atomic mass is 35.5. The molecule has 4 nitrogen and oxygen atoms in total. The summed E-state index contributed by atoms with van der Waals surface area (Å²) < 4.78 is 10.9. The van der Waals surface area contributed by atoms with Crippen LogP contribution in [0.15, 0.2) is 12.1 Å². The van der Waals surface area contributed by atoms with E-state index in [1.54, 1.807) is 20.3 Å². The maximum Gasteiger partial charge on any atom is 0.145 e. The fraction of sp³-hybridized carbons (Fsp3) is 0.625. The van der Waals surface area contributed by atoms with Gasteiger partial charge in [0.25, 0.3) is 0 Å². The minimum absolute atomic E-state index is 0.114. The molecule has 2 unspecified atom stereocenters. The predicted molar refractivity (Wildman–Crippen MR) is 86.6 cm³/mol. The number of hydrogen-bond donors (Lipinski definition) is 1. The fourth-order valence-electron chi connectivity index (χ4n) is 3.00. The van der Waals surface area contributed by atoms with Crippen LogP contribution in [0.5, 0.6) is 11.5 Å². The van der Waals surface area contributed by atoms with E-state index in [9.17, 15) is 0 Å². The van der Waals surface area contributed by atoms with Gasteiger partial charge in [-0.1, -0.05) is 11.6 Å². The van der Waals surface area contributed by atoms with Gasteiger partial charge in [-0.15, -0.1) is 0 Å². The number of likely N-dealkylation sites (N-methyl/N-ethyl adjacent to an activating group) is 1. The molecule has 1 fully saturated rings. The van der Waals surface area contributed by atoms with Crippen molar-refractivity contribution in [1.29, 1.82) is 0 Å². The Hall–Kier alpha value is -0.970. The molecule has 1 heterocycles. The van der Waals surface area contributed by atoms with Gasteiger partial charge in [-0.25, -0.2) is 0 Å². The van der Waals surface area contributed by atoms with Gasteiger partial charge >= 0.3 is 0 Å². The summed E-state index contributed by atoms with van der Waals surface area (Å²) in [6.45, 7) is 4.26. The van der Waals surface area contributed by atoms with Gasteiger partial charge in [0.05, 0.1) is 24.8 Å². The number of nitrogens with one attached hydrogen (secondary N) is 1. The van der Waals surface area contributed by atoms with Crippen LogP contribution in [0, 0.1) is 0 Å². The maximum absolute atomic E-state index is 6.24. The Labute approximate surface area is 132 Å². The van der Waals surface area contributed by atoms with Crippen LogP contribution in [0.1, 0.15) is 31.4 Å². The SMILES string of the molecule is COc1ccc(Cl)c(OC)c1C(C)NCC1CCCN1C. The zero-order valence-electron chi connectivity index (χ0n) is 13.3. The number of hydrogen-bond acceptors (Lipinski definition) is 4. The van der Waals surface area contributed by atoms with Crippen LogP contribution in [-0.4, -0.2) is 45.3 Å². The molecule has 1 aromatic rings. The molecular weight excluding hydrogens is 288 g/mol. The topological polar surface area (TPSA) is 33.7 Å². The number of likely N-dealkylation sites (tertiary alicyclic amines) is 1. The van der Waals surface area contributed by atoms with Crippen LogP contribution in [0.2, 0.25) is 5.02 Å². The van der Waals surface area contributed by atoms with Crippen molar-refractivity contribution in [3.63, 3.8) is 0 Å². The quantitative estimate of drug-likeness (QED) is 0.875. The first-order valence-electron chi connectivity index (χ1n) is 7.42. The van der Waals surface area contributed by atoms with Crippen LogP contribution in [-0.2, 0) is 0 Å². The van der Waals surface area contributed by atoms with Crippen molar-refractivity contribution in [2.24, 2.45) is 0 Å². The molecule has 0 saturated carbocycles. The lowest BCUT2D eigenvalue weighted by Crippen LogP contribution is -2.36. The van der Waals surface area contributed by atoms with E-state index in [0.717, 1.165) is 17.9 Å². The zero-order chi connectivity index (χ0) is 15.4. The molecule has 0 spiro atoms. The van der Waals surface area contributed by atoms with E-state index in [4.69, 9.17) is 21.1 Å². The Morgan fingerprint density at radius 1 is 1.38 bits per heavy atom. The van der Waals surface area contributed by atoms with Gasteiger partial charge in [-0.3, -0.25) is 0 Å². The minimum atomic E-state index is 0.114. The first-order chi connectivity index (χ1) is 10.1. The first kappa shape index (κ1) is 16.4. The van der Waals surface area contributed by atoms with Crippen molar-refractivity contribution in [2.45, 2.75) is 31.8 Å². The normalized spacial score (nSPS) is 20.5. The first-order valence-corrected chi connectivity index (χ1v) is 7.80. The molecule has 2 atom stereocenters. The highest BCUT2D eigenvalue weighted by Gasteiger charge is 2.24. The van der Waals surface area contributed by atoms with Gasteiger partial charge in [-0.2, -0.15) is 0 Å². The Morgan fingerprint density at radius 3 is 2.71 bits per heavy atom. The second-order valence-electron chi connectivity index (χ2n) is 5.60. The molecule has 118 valence electrons. The molecule has 1 aromatic carbocycles. The van der Waals surface area contributed by atoms with E-state index >= 15 is 0 Å². The molecule has 1 aliphatic rings. The molecule has 0 aromatic heterocycles. The summed E-state index contributed by atoms with van der Waals surface area (Å²) in [7, 11) is 5.50. The van der Waals surface area contributed by atoms with Crippen molar-refractivity contribution in [1.82, 2.24) is 10.2 Å². The zero-order valence-corrected chi connectivity index (χ0v) is 14.0. The summed E-state index contributed by atoms with van der Waals surface area (Å²) >= 11 is 6.24. The Kier molecular flexibility index (Phi) is 5.73. The van der Waals surface area contributed by atoms with Gasteiger partial charge in [0, 0.05) is 18.6 Å². The smallest absolute Gasteiger partial charge is 0.145 e. The van der Waals surface area contributed by atoms with Crippen molar-refractivity contribution >= 4 is 11.6 Å².